The summed E-state index contributed by atoms with van der Waals surface area (Å²) in [5.41, 5.74) is 1.01. The van der Waals surface area contributed by atoms with Crippen LogP contribution in [0.5, 0.6) is 5.75 Å². The van der Waals surface area contributed by atoms with Gasteiger partial charge in [0, 0.05) is 5.56 Å². The van der Waals surface area contributed by atoms with Crippen LogP contribution in [-0.4, -0.2) is 17.1 Å². The molecule has 118 valence electrons. The Kier molecular flexibility index (Phi) is 3.97. The lowest BCUT2D eigenvalue weighted by atomic mass is 10.1. The van der Waals surface area contributed by atoms with Crippen LogP contribution in [0.4, 0.5) is 10.3 Å². The molecule has 0 unspecified atom stereocenters. The normalized spacial score (nSPS) is 12.1. The molecule has 0 spiro atoms. The highest BCUT2D eigenvalue weighted by Crippen LogP contribution is 2.27. The van der Waals surface area contributed by atoms with E-state index in [1.54, 1.807) is 24.3 Å². The molecule has 1 atom stereocenters. The number of rotatable bonds is 4. The Hall–Kier alpha value is -2.89. The van der Waals surface area contributed by atoms with Gasteiger partial charge in [-0.25, -0.2) is 9.37 Å². The SMILES string of the molecule is COc1ccc(F)cc1[C@@H](C)Nc1nc2ccccc2c(=O)[nH]1. The number of benzene rings is 2. The fraction of sp³-hybridized carbons (Fsp3) is 0.176. The number of methoxy groups -OCH3 is 1. The van der Waals surface area contributed by atoms with E-state index in [-0.39, 0.29) is 17.4 Å². The van der Waals surface area contributed by atoms with Gasteiger partial charge in [-0.15, -0.1) is 0 Å². The van der Waals surface area contributed by atoms with Crippen LogP contribution >= 0.6 is 0 Å². The molecule has 2 aromatic carbocycles. The summed E-state index contributed by atoms with van der Waals surface area (Å²) in [6.07, 6.45) is 0. The van der Waals surface area contributed by atoms with Crippen LogP contribution in [0.15, 0.2) is 47.3 Å². The molecule has 0 fully saturated rings. The van der Waals surface area contributed by atoms with Crippen molar-refractivity contribution in [3.8, 4) is 5.75 Å². The second kappa shape index (κ2) is 6.08. The maximum absolute atomic E-state index is 13.5. The molecular formula is C17H16FN3O2. The van der Waals surface area contributed by atoms with Crippen LogP contribution < -0.4 is 15.6 Å². The molecule has 0 saturated heterocycles. The quantitative estimate of drug-likeness (QED) is 0.776. The van der Waals surface area contributed by atoms with Crippen molar-refractivity contribution < 1.29 is 9.13 Å². The van der Waals surface area contributed by atoms with Gasteiger partial charge >= 0.3 is 0 Å². The largest absolute Gasteiger partial charge is 0.496 e. The number of para-hydroxylation sites is 1. The Bertz CT molecular complexity index is 908. The number of anilines is 1. The van der Waals surface area contributed by atoms with Gasteiger partial charge < -0.3 is 10.1 Å². The molecule has 0 aliphatic heterocycles. The lowest BCUT2D eigenvalue weighted by Gasteiger charge is -2.17. The monoisotopic (exact) mass is 313 g/mol. The number of nitrogens with zero attached hydrogens (tertiary/aromatic N) is 1. The predicted molar refractivity (Wildman–Crippen MR) is 87.4 cm³/mol. The third-order valence-corrected chi connectivity index (χ3v) is 3.62. The highest BCUT2D eigenvalue weighted by Gasteiger charge is 2.14. The number of aromatic amines is 1. The molecule has 5 nitrogen and oxygen atoms in total. The molecule has 2 N–H and O–H groups in total. The zero-order valence-electron chi connectivity index (χ0n) is 12.8. The van der Waals surface area contributed by atoms with Gasteiger partial charge in [-0.05, 0) is 37.3 Å². The zero-order valence-corrected chi connectivity index (χ0v) is 12.8. The summed E-state index contributed by atoms with van der Waals surface area (Å²) in [5.74, 6) is 0.538. The van der Waals surface area contributed by atoms with Crippen LogP contribution in [-0.2, 0) is 0 Å². The first-order chi connectivity index (χ1) is 11.1. The standard InChI is InChI=1S/C17H16FN3O2/c1-10(13-9-11(18)7-8-15(13)23-2)19-17-20-14-6-4-3-5-12(14)16(22)21-17/h3-10H,1-2H3,(H2,19,20,21,22)/t10-/m1/s1. The molecule has 1 heterocycles. The van der Waals surface area contributed by atoms with E-state index in [0.717, 1.165) is 0 Å². The van der Waals surface area contributed by atoms with Gasteiger partial charge in [-0.1, -0.05) is 12.1 Å². The molecule has 0 bridgehead atoms. The molecule has 0 saturated carbocycles. The summed E-state index contributed by atoms with van der Waals surface area (Å²) >= 11 is 0. The van der Waals surface area contributed by atoms with E-state index < -0.39 is 0 Å². The number of H-pyrrole nitrogens is 1. The van der Waals surface area contributed by atoms with Gasteiger partial charge in [0.15, 0.2) is 0 Å². The number of hydrogen-bond acceptors (Lipinski definition) is 4. The molecule has 23 heavy (non-hydrogen) atoms. The molecule has 0 aliphatic carbocycles. The van der Waals surface area contributed by atoms with Gasteiger partial charge in [-0.2, -0.15) is 0 Å². The lowest BCUT2D eigenvalue weighted by molar-refractivity contribution is 0.406. The van der Waals surface area contributed by atoms with E-state index in [9.17, 15) is 9.18 Å². The van der Waals surface area contributed by atoms with Crippen molar-refractivity contribution in [3.63, 3.8) is 0 Å². The summed E-state index contributed by atoms with van der Waals surface area (Å²) in [6.45, 7) is 1.84. The Morgan fingerprint density at radius 2 is 2.04 bits per heavy atom. The first-order valence-electron chi connectivity index (χ1n) is 7.17. The third-order valence-electron chi connectivity index (χ3n) is 3.62. The minimum absolute atomic E-state index is 0.225. The minimum atomic E-state index is -0.352. The molecule has 3 rings (SSSR count). The second-order valence-electron chi connectivity index (χ2n) is 5.18. The van der Waals surface area contributed by atoms with E-state index >= 15 is 0 Å². The summed E-state index contributed by atoms with van der Waals surface area (Å²) in [5, 5.41) is 3.60. The van der Waals surface area contributed by atoms with Crippen molar-refractivity contribution in [2.45, 2.75) is 13.0 Å². The van der Waals surface area contributed by atoms with Gasteiger partial charge in [0.25, 0.3) is 5.56 Å². The summed E-state index contributed by atoms with van der Waals surface area (Å²) in [6, 6.07) is 11.1. The molecule has 6 heteroatoms. The highest BCUT2D eigenvalue weighted by atomic mass is 19.1. The van der Waals surface area contributed by atoms with Crippen molar-refractivity contribution in [1.82, 2.24) is 9.97 Å². The van der Waals surface area contributed by atoms with E-state index in [1.807, 2.05) is 13.0 Å². The highest BCUT2D eigenvalue weighted by molar-refractivity contribution is 5.78. The van der Waals surface area contributed by atoms with Crippen LogP contribution in [0, 0.1) is 5.82 Å². The van der Waals surface area contributed by atoms with Gasteiger partial charge in [0.1, 0.15) is 11.6 Å². The molecule has 0 aliphatic rings. The molecule has 1 aromatic heterocycles. The molecule has 0 amide bonds. The van der Waals surface area contributed by atoms with Crippen molar-refractivity contribution in [1.29, 1.82) is 0 Å². The number of halogens is 1. The average Bonchev–Trinajstić information content (AvgIpc) is 2.55. The predicted octanol–water partition coefficient (Wildman–Crippen LogP) is 3.24. The average molecular weight is 313 g/mol. The number of ether oxygens (including phenoxy) is 1. The summed E-state index contributed by atoms with van der Waals surface area (Å²) in [7, 11) is 1.53. The number of nitrogens with one attached hydrogen (secondary N) is 2. The lowest BCUT2D eigenvalue weighted by Crippen LogP contribution is -2.16. The molecule has 0 radical (unpaired) electrons. The van der Waals surface area contributed by atoms with Crippen molar-refractivity contribution in [3.05, 3.63) is 64.2 Å². The third kappa shape index (κ3) is 3.01. The first-order valence-corrected chi connectivity index (χ1v) is 7.17. The molecule has 3 aromatic rings. The smallest absolute Gasteiger partial charge is 0.260 e. The van der Waals surface area contributed by atoms with E-state index in [1.165, 1.54) is 19.2 Å². The van der Waals surface area contributed by atoms with E-state index in [0.29, 0.717) is 28.2 Å². The summed E-state index contributed by atoms with van der Waals surface area (Å²) < 4.78 is 18.8. The summed E-state index contributed by atoms with van der Waals surface area (Å²) in [4.78, 5) is 19.1. The second-order valence-corrected chi connectivity index (χ2v) is 5.18. The first kappa shape index (κ1) is 15.0. The fourth-order valence-corrected chi connectivity index (χ4v) is 2.48. The number of aromatic nitrogens is 2. The van der Waals surface area contributed by atoms with Crippen LogP contribution in [0.1, 0.15) is 18.5 Å². The van der Waals surface area contributed by atoms with E-state index in [2.05, 4.69) is 15.3 Å². The maximum atomic E-state index is 13.5. The topological polar surface area (TPSA) is 67.0 Å². The van der Waals surface area contributed by atoms with Crippen LogP contribution in [0.3, 0.4) is 0 Å². The van der Waals surface area contributed by atoms with Crippen molar-refractivity contribution in [2.24, 2.45) is 0 Å². The Balaban J connectivity index is 1.96. The van der Waals surface area contributed by atoms with Crippen molar-refractivity contribution >= 4 is 16.9 Å². The van der Waals surface area contributed by atoms with Gasteiger partial charge in [0.2, 0.25) is 5.95 Å². The zero-order chi connectivity index (χ0) is 16.4. The van der Waals surface area contributed by atoms with E-state index in [4.69, 9.17) is 4.74 Å². The Morgan fingerprint density at radius 3 is 2.83 bits per heavy atom. The van der Waals surface area contributed by atoms with Crippen LogP contribution in [0.2, 0.25) is 0 Å². The van der Waals surface area contributed by atoms with Gasteiger partial charge in [0.05, 0.1) is 24.1 Å². The van der Waals surface area contributed by atoms with Gasteiger partial charge in [-0.3, -0.25) is 9.78 Å². The molecular weight excluding hydrogens is 297 g/mol. The number of fused-ring (bicyclic) bond motifs is 1. The number of hydrogen-bond donors (Lipinski definition) is 2. The van der Waals surface area contributed by atoms with Crippen molar-refractivity contribution in [2.75, 3.05) is 12.4 Å². The van der Waals surface area contributed by atoms with Crippen LogP contribution in [0.25, 0.3) is 10.9 Å². The Morgan fingerprint density at radius 1 is 1.26 bits per heavy atom. The maximum Gasteiger partial charge on any atom is 0.260 e. The Labute approximate surface area is 132 Å². The fourth-order valence-electron chi connectivity index (χ4n) is 2.48. The minimum Gasteiger partial charge on any atom is -0.496 e.